The van der Waals surface area contributed by atoms with Crippen molar-refractivity contribution in [1.29, 1.82) is 0 Å². The van der Waals surface area contributed by atoms with Gasteiger partial charge in [-0.3, -0.25) is 4.79 Å². The lowest BCUT2D eigenvalue weighted by molar-refractivity contribution is -0.120. The van der Waals surface area contributed by atoms with Gasteiger partial charge < -0.3 is 17.7 Å². The zero-order chi connectivity index (χ0) is 23.0. The Hall–Kier alpha value is -0.0562. The minimum atomic E-state index is -2.66. The van der Waals surface area contributed by atoms with Crippen LogP contribution in [0.15, 0.2) is 0 Å². The predicted octanol–water partition coefficient (Wildman–Crippen LogP) is 6.75. The fourth-order valence-corrected chi connectivity index (χ4v) is 11.9. The Morgan fingerprint density at radius 1 is 0.600 bits per heavy atom. The first kappa shape index (κ1) is 29.9. The highest BCUT2D eigenvalue weighted by atomic mass is 28.4. The second kappa shape index (κ2) is 16.6. The van der Waals surface area contributed by atoms with Crippen LogP contribution in [0.25, 0.3) is 0 Å². The molecule has 2 atom stereocenters. The largest absolute Gasteiger partial charge is 0.397 e. The van der Waals surface area contributed by atoms with Gasteiger partial charge in [-0.05, 0) is 24.9 Å². The zero-order valence-electron chi connectivity index (χ0n) is 21.2. The third-order valence-corrected chi connectivity index (χ3v) is 14.9. The molecule has 0 aliphatic carbocycles. The molecule has 180 valence electrons. The number of carbonyl (C=O) groups is 1. The second-order valence-electron chi connectivity index (χ2n) is 8.44. The molecule has 0 aromatic heterocycles. The minimum absolute atomic E-state index is 0.167. The molecule has 0 saturated carbocycles. The molecule has 0 fully saturated rings. The molecule has 0 heterocycles. The van der Waals surface area contributed by atoms with Crippen LogP contribution in [-0.4, -0.2) is 51.3 Å². The first-order chi connectivity index (χ1) is 14.4. The SMILES string of the molecule is CCCCCC(C(=O)C(CCCCC)[Si](CCC)(OC)OC)[Si](CCC)(OC)OC. The quantitative estimate of drug-likeness (QED) is 0.148. The van der Waals surface area contributed by atoms with E-state index in [-0.39, 0.29) is 16.9 Å². The van der Waals surface area contributed by atoms with Crippen LogP contribution in [0.3, 0.4) is 0 Å². The van der Waals surface area contributed by atoms with E-state index in [2.05, 4.69) is 27.7 Å². The molecule has 0 radical (unpaired) electrons. The van der Waals surface area contributed by atoms with E-state index >= 15 is 0 Å². The summed E-state index contributed by atoms with van der Waals surface area (Å²) in [6.07, 6.45) is 10.2. The van der Waals surface area contributed by atoms with Crippen LogP contribution in [0, 0.1) is 0 Å². The maximum atomic E-state index is 14.3. The van der Waals surface area contributed by atoms with Crippen LogP contribution in [-0.2, 0) is 22.5 Å². The van der Waals surface area contributed by atoms with Gasteiger partial charge >= 0.3 is 17.1 Å². The Labute approximate surface area is 189 Å². The Bertz CT molecular complexity index is 401. The highest BCUT2D eigenvalue weighted by Crippen LogP contribution is 2.43. The molecule has 0 aromatic rings. The van der Waals surface area contributed by atoms with Crippen molar-refractivity contribution >= 4 is 22.9 Å². The molecular formula is C23H50O5Si2. The van der Waals surface area contributed by atoms with E-state index < -0.39 is 17.1 Å². The Morgan fingerprint density at radius 3 is 1.17 bits per heavy atom. The maximum absolute atomic E-state index is 14.3. The second-order valence-corrected chi connectivity index (χ2v) is 15.7. The smallest absolute Gasteiger partial charge is 0.348 e. The van der Waals surface area contributed by atoms with Crippen LogP contribution < -0.4 is 0 Å². The summed E-state index contributed by atoms with van der Waals surface area (Å²) < 4.78 is 24.3. The minimum Gasteiger partial charge on any atom is -0.397 e. The Morgan fingerprint density at radius 2 is 0.933 bits per heavy atom. The van der Waals surface area contributed by atoms with Gasteiger partial charge in [0.1, 0.15) is 5.78 Å². The predicted molar refractivity (Wildman–Crippen MR) is 131 cm³/mol. The van der Waals surface area contributed by atoms with E-state index in [9.17, 15) is 4.79 Å². The van der Waals surface area contributed by atoms with Gasteiger partial charge in [-0.1, -0.05) is 79.1 Å². The van der Waals surface area contributed by atoms with Crippen LogP contribution >= 0.6 is 0 Å². The van der Waals surface area contributed by atoms with E-state index in [1.165, 1.54) is 0 Å². The number of hydrogen-bond donors (Lipinski definition) is 0. The lowest BCUT2D eigenvalue weighted by atomic mass is 10.0. The highest BCUT2D eigenvalue weighted by molar-refractivity contribution is 6.77. The summed E-state index contributed by atoms with van der Waals surface area (Å²) in [6.45, 7) is 8.69. The summed E-state index contributed by atoms with van der Waals surface area (Å²) in [5, 5.41) is 0. The number of Topliss-reactive ketones (excluding diaryl/α,β-unsaturated/α-hetero) is 1. The average molecular weight is 463 g/mol. The van der Waals surface area contributed by atoms with Gasteiger partial charge in [-0.2, -0.15) is 0 Å². The maximum Gasteiger partial charge on any atom is 0.348 e. The number of ketones is 1. The zero-order valence-corrected chi connectivity index (χ0v) is 23.2. The van der Waals surface area contributed by atoms with E-state index in [0.29, 0.717) is 0 Å². The molecule has 2 unspecified atom stereocenters. The fourth-order valence-electron chi connectivity index (χ4n) is 4.79. The third-order valence-electron chi connectivity index (χ3n) is 6.52. The number of unbranched alkanes of at least 4 members (excludes halogenated alkanes) is 4. The molecule has 0 spiro atoms. The first-order valence-corrected chi connectivity index (χ1v) is 16.4. The molecule has 0 aromatic carbocycles. The van der Waals surface area contributed by atoms with Crippen molar-refractivity contribution < 1.29 is 22.5 Å². The lowest BCUT2D eigenvalue weighted by Crippen LogP contribution is -2.54. The van der Waals surface area contributed by atoms with Crippen molar-refractivity contribution in [2.24, 2.45) is 0 Å². The van der Waals surface area contributed by atoms with Crippen molar-refractivity contribution in [3.05, 3.63) is 0 Å². The first-order valence-electron chi connectivity index (χ1n) is 12.2. The van der Waals surface area contributed by atoms with Crippen molar-refractivity contribution in [2.45, 2.75) is 115 Å². The van der Waals surface area contributed by atoms with Crippen molar-refractivity contribution in [3.63, 3.8) is 0 Å². The lowest BCUT2D eigenvalue weighted by Gasteiger charge is -2.40. The Kier molecular flexibility index (Phi) is 16.5. The highest BCUT2D eigenvalue weighted by Gasteiger charge is 2.55. The molecule has 0 saturated heterocycles. The van der Waals surface area contributed by atoms with Crippen molar-refractivity contribution in [2.75, 3.05) is 28.4 Å². The van der Waals surface area contributed by atoms with E-state index in [1.54, 1.807) is 28.4 Å². The van der Waals surface area contributed by atoms with Gasteiger partial charge in [0, 0.05) is 28.4 Å². The van der Waals surface area contributed by atoms with Crippen LogP contribution in [0.2, 0.25) is 23.2 Å². The molecule has 7 heteroatoms. The molecule has 30 heavy (non-hydrogen) atoms. The topological polar surface area (TPSA) is 54.0 Å². The summed E-state index contributed by atoms with van der Waals surface area (Å²) in [4.78, 5) is 14.3. The van der Waals surface area contributed by atoms with Crippen LogP contribution in [0.1, 0.15) is 91.9 Å². The number of rotatable bonds is 20. The summed E-state index contributed by atoms with van der Waals surface area (Å²) in [6, 6.07) is 1.68. The van der Waals surface area contributed by atoms with Crippen LogP contribution in [0.5, 0.6) is 0 Å². The molecule has 0 amide bonds. The summed E-state index contributed by atoms with van der Waals surface area (Å²) in [5.74, 6) is 0.287. The standard InChI is InChI=1S/C23H50O5Si2/c1-9-13-15-17-21(29(25-5,26-6)19-11-3)23(24)22(18-16-14-10-2)30(27-7,28-8)20-12-4/h21-22H,9-20H2,1-8H3. The van der Waals surface area contributed by atoms with E-state index in [0.717, 1.165) is 76.3 Å². The molecule has 5 nitrogen and oxygen atoms in total. The van der Waals surface area contributed by atoms with Gasteiger partial charge in [0.15, 0.2) is 0 Å². The van der Waals surface area contributed by atoms with Crippen molar-refractivity contribution in [3.8, 4) is 0 Å². The van der Waals surface area contributed by atoms with Gasteiger partial charge in [-0.25, -0.2) is 0 Å². The number of carbonyl (C=O) groups excluding carboxylic acids is 1. The molecule has 0 aliphatic heterocycles. The summed E-state index contributed by atoms with van der Waals surface area (Å²) in [5.41, 5.74) is -0.334. The number of hydrogen-bond acceptors (Lipinski definition) is 5. The summed E-state index contributed by atoms with van der Waals surface area (Å²) >= 11 is 0. The normalized spacial score (nSPS) is 14.7. The molecule has 0 aliphatic rings. The van der Waals surface area contributed by atoms with Crippen LogP contribution in [0.4, 0.5) is 0 Å². The van der Waals surface area contributed by atoms with Gasteiger partial charge in [0.2, 0.25) is 0 Å². The summed E-state index contributed by atoms with van der Waals surface area (Å²) in [7, 11) is 1.62. The van der Waals surface area contributed by atoms with Gasteiger partial charge in [0.05, 0.1) is 11.1 Å². The Balaban J connectivity index is 6.19. The van der Waals surface area contributed by atoms with Crippen molar-refractivity contribution in [1.82, 2.24) is 0 Å². The third kappa shape index (κ3) is 8.13. The molecule has 0 N–H and O–H groups in total. The molecule has 0 rings (SSSR count). The van der Waals surface area contributed by atoms with E-state index in [4.69, 9.17) is 17.7 Å². The average Bonchev–Trinajstić information content (AvgIpc) is 2.77. The molecular weight excluding hydrogens is 412 g/mol. The monoisotopic (exact) mass is 462 g/mol. The van der Waals surface area contributed by atoms with Gasteiger partial charge in [-0.15, -0.1) is 0 Å². The van der Waals surface area contributed by atoms with E-state index in [1.807, 2.05) is 0 Å². The van der Waals surface area contributed by atoms with Gasteiger partial charge in [0.25, 0.3) is 0 Å². The molecule has 0 bridgehead atoms. The fraction of sp³-hybridized carbons (Fsp3) is 0.957.